The second kappa shape index (κ2) is 14.8. The van der Waals surface area contributed by atoms with E-state index in [9.17, 15) is 14.4 Å². The lowest BCUT2D eigenvalue weighted by molar-refractivity contribution is -0.149. The van der Waals surface area contributed by atoms with Gasteiger partial charge in [-0.2, -0.15) is 0 Å². The number of amides is 3. The van der Waals surface area contributed by atoms with Crippen LogP contribution in [0.25, 0.3) is 0 Å². The highest BCUT2D eigenvalue weighted by Crippen LogP contribution is 2.25. The van der Waals surface area contributed by atoms with Gasteiger partial charge in [0.1, 0.15) is 23.2 Å². The number of rotatable bonds is 9. The van der Waals surface area contributed by atoms with Gasteiger partial charge in [0.2, 0.25) is 5.91 Å². The van der Waals surface area contributed by atoms with Gasteiger partial charge in [0.05, 0.1) is 13.7 Å². The minimum absolute atomic E-state index is 0.188. The third-order valence-electron chi connectivity index (χ3n) is 9.05. The van der Waals surface area contributed by atoms with Gasteiger partial charge in [-0.15, -0.1) is 0 Å². The van der Waals surface area contributed by atoms with Crippen molar-refractivity contribution >= 4 is 23.6 Å². The van der Waals surface area contributed by atoms with E-state index in [-0.39, 0.29) is 36.7 Å². The third kappa shape index (κ3) is 8.97. The predicted molar refractivity (Wildman–Crippen MR) is 174 cm³/mol. The fraction of sp³-hybridized carbons (Fsp3) is 0.571. The number of carbonyl (C=O) groups is 3. The molecule has 3 amide bonds. The van der Waals surface area contributed by atoms with Crippen LogP contribution in [0.4, 0.5) is 14.9 Å². The molecule has 250 valence electrons. The molecule has 3 heterocycles. The molecule has 1 N–H and O–H groups in total. The first-order valence-corrected chi connectivity index (χ1v) is 16.4. The Morgan fingerprint density at radius 3 is 2.22 bits per heavy atom. The van der Waals surface area contributed by atoms with E-state index >= 15 is 4.39 Å². The quantitative estimate of drug-likeness (QED) is 0.395. The number of nitrogens with zero attached hydrogens (tertiary/aromatic N) is 4. The fourth-order valence-electron chi connectivity index (χ4n) is 6.38. The zero-order chi connectivity index (χ0) is 32.8. The normalized spacial score (nSPS) is 20.6. The highest BCUT2D eigenvalue weighted by atomic mass is 19.1. The van der Waals surface area contributed by atoms with Crippen LogP contribution in [0, 0.1) is 11.7 Å². The molecule has 46 heavy (non-hydrogen) atoms. The van der Waals surface area contributed by atoms with E-state index < -0.39 is 11.6 Å². The smallest absolute Gasteiger partial charge is 0.410 e. The number of nitrogens with one attached hydrogen (secondary N) is 1. The van der Waals surface area contributed by atoms with Gasteiger partial charge in [0.25, 0.3) is 5.91 Å². The van der Waals surface area contributed by atoms with Crippen molar-refractivity contribution in [1.82, 2.24) is 19.6 Å². The number of methoxy groups -OCH3 is 1. The van der Waals surface area contributed by atoms with E-state index in [0.29, 0.717) is 35.9 Å². The van der Waals surface area contributed by atoms with Crippen LogP contribution in [0.2, 0.25) is 0 Å². The van der Waals surface area contributed by atoms with Crippen LogP contribution >= 0.6 is 0 Å². The lowest BCUT2D eigenvalue weighted by Gasteiger charge is -2.39. The summed E-state index contributed by atoms with van der Waals surface area (Å²) in [5.74, 6) is 0.454. The van der Waals surface area contributed by atoms with Crippen LogP contribution in [-0.4, -0.2) is 102 Å². The molecule has 10 nitrogen and oxygen atoms in total. The molecule has 11 heteroatoms. The molecule has 3 fully saturated rings. The third-order valence-corrected chi connectivity index (χ3v) is 9.05. The molecule has 5 rings (SSSR count). The summed E-state index contributed by atoms with van der Waals surface area (Å²) in [5.41, 5.74) is 1.51. The lowest BCUT2D eigenvalue weighted by atomic mass is 9.96. The first-order valence-electron chi connectivity index (χ1n) is 16.4. The zero-order valence-electron chi connectivity index (χ0n) is 27.6. The summed E-state index contributed by atoms with van der Waals surface area (Å²) in [6, 6.07) is 11.7. The van der Waals surface area contributed by atoms with E-state index in [2.05, 4.69) is 15.1 Å². The van der Waals surface area contributed by atoms with Gasteiger partial charge in [0, 0.05) is 70.0 Å². The maximum absolute atomic E-state index is 15.2. The Bertz CT molecular complexity index is 1360. The molecule has 3 aliphatic rings. The Labute approximate surface area is 271 Å². The molecule has 3 saturated heterocycles. The van der Waals surface area contributed by atoms with Crippen LogP contribution < -0.4 is 10.1 Å². The number of anilines is 1. The van der Waals surface area contributed by atoms with E-state index in [1.54, 1.807) is 25.3 Å². The van der Waals surface area contributed by atoms with Gasteiger partial charge in [-0.05, 0) is 75.8 Å². The number of ether oxygens (including phenoxy) is 2. The minimum atomic E-state index is -0.598. The highest BCUT2D eigenvalue weighted by molar-refractivity contribution is 6.01. The van der Waals surface area contributed by atoms with Crippen LogP contribution in [-0.2, 0) is 27.4 Å². The summed E-state index contributed by atoms with van der Waals surface area (Å²) in [4.78, 5) is 46.0. The topological polar surface area (TPSA) is 94.7 Å². The zero-order valence-corrected chi connectivity index (χ0v) is 27.6. The molecule has 1 unspecified atom stereocenters. The summed E-state index contributed by atoms with van der Waals surface area (Å²) in [6.07, 6.45) is 2.36. The van der Waals surface area contributed by atoms with Crippen molar-refractivity contribution in [2.45, 2.75) is 71.2 Å². The standard InChI is InChI=1S/C35H48FN5O5/c1-35(2,3)46-34(44)40-15-13-26(14-16-40)22-38-17-19-39(20-18-38)24-27-7-8-28(21-30(27)36)37-31-11-12-32(42)41(33(31)43)23-25-5-9-29(45-4)10-6-25/h5-10,21,26,31,37H,11-20,22-24H2,1-4H3. The number of piperidine rings is 2. The number of imide groups is 1. The first kappa shape index (κ1) is 33.7. The first-order chi connectivity index (χ1) is 22.0. The summed E-state index contributed by atoms with van der Waals surface area (Å²) in [7, 11) is 1.59. The highest BCUT2D eigenvalue weighted by Gasteiger charge is 2.34. The number of carbonyl (C=O) groups excluding carboxylic acids is 3. The SMILES string of the molecule is COc1ccc(CN2C(=O)CCC(Nc3ccc(CN4CCN(CC5CCN(C(=O)OC(C)(C)C)CC5)CC4)c(F)c3)C2=O)cc1. The molecule has 0 bridgehead atoms. The minimum Gasteiger partial charge on any atom is -0.497 e. The number of benzene rings is 2. The Hall–Kier alpha value is -3.70. The number of piperazine rings is 1. The molecule has 3 aliphatic heterocycles. The molecule has 2 aromatic carbocycles. The Kier molecular flexibility index (Phi) is 10.8. The van der Waals surface area contributed by atoms with Gasteiger partial charge >= 0.3 is 6.09 Å². The van der Waals surface area contributed by atoms with Gasteiger partial charge in [0.15, 0.2) is 0 Å². The summed E-state index contributed by atoms with van der Waals surface area (Å²) in [5, 5.41) is 3.17. The summed E-state index contributed by atoms with van der Waals surface area (Å²) >= 11 is 0. The van der Waals surface area contributed by atoms with Gasteiger partial charge in [-0.25, -0.2) is 9.18 Å². The average molecular weight is 638 g/mol. The van der Waals surface area contributed by atoms with Crippen molar-refractivity contribution in [1.29, 1.82) is 0 Å². The molecule has 0 aliphatic carbocycles. The second-order valence-electron chi connectivity index (χ2n) is 13.7. The summed E-state index contributed by atoms with van der Waals surface area (Å²) in [6.45, 7) is 12.5. The van der Waals surface area contributed by atoms with Gasteiger partial charge in [-0.1, -0.05) is 18.2 Å². The molecule has 0 radical (unpaired) electrons. The van der Waals surface area contributed by atoms with E-state index in [1.807, 2.05) is 43.9 Å². The van der Waals surface area contributed by atoms with Crippen molar-refractivity contribution in [2.75, 3.05) is 58.2 Å². The van der Waals surface area contributed by atoms with Crippen LogP contribution in [0.3, 0.4) is 0 Å². The number of halogens is 1. The van der Waals surface area contributed by atoms with Crippen molar-refractivity contribution in [2.24, 2.45) is 5.92 Å². The van der Waals surface area contributed by atoms with Crippen LogP contribution in [0.5, 0.6) is 5.75 Å². The van der Waals surface area contributed by atoms with Crippen LogP contribution in [0.1, 0.15) is 57.6 Å². The van der Waals surface area contributed by atoms with E-state index in [4.69, 9.17) is 9.47 Å². The largest absolute Gasteiger partial charge is 0.497 e. The van der Waals surface area contributed by atoms with Crippen molar-refractivity contribution in [3.8, 4) is 5.75 Å². The predicted octanol–water partition coefficient (Wildman–Crippen LogP) is 4.73. The van der Waals surface area contributed by atoms with E-state index in [0.717, 1.165) is 64.2 Å². The average Bonchev–Trinajstić information content (AvgIpc) is 3.02. The second-order valence-corrected chi connectivity index (χ2v) is 13.7. The number of hydrogen-bond acceptors (Lipinski definition) is 8. The molecule has 0 spiro atoms. The van der Waals surface area contributed by atoms with Crippen molar-refractivity contribution in [3.05, 3.63) is 59.4 Å². The maximum Gasteiger partial charge on any atom is 0.410 e. The summed E-state index contributed by atoms with van der Waals surface area (Å²) < 4.78 is 25.9. The van der Waals surface area contributed by atoms with Crippen molar-refractivity contribution < 1.29 is 28.2 Å². The fourth-order valence-corrected chi connectivity index (χ4v) is 6.38. The Morgan fingerprint density at radius 2 is 1.59 bits per heavy atom. The molecule has 2 aromatic rings. The number of likely N-dealkylation sites (tertiary alicyclic amines) is 2. The molecule has 0 aromatic heterocycles. The molecular weight excluding hydrogens is 589 g/mol. The van der Waals surface area contributed by atoms with Gasteiger partial charge in [-0.3, -0.25) is 19.4 Å². The van der Waals surface area contributed by atoms with Crippen molar-refractivity contribution in [3.63, 3.8) is 0 Å². The molecule has 0 saturated carbocycles. The monoisotopic (exact) mass is 637 g/mol. The lowest BCUT2D eigenvalue weighted by Crippen LogP contribution is -2.50. The van der Waals surface area contributed by atoms with Gasteiger partial charge < -0.3 is 24.6 Å². The Morgan fingerprint density at radius 1 is 0.913 bits per heavy atom. The molecular formula is C35H48FN5O5. The Balaban J connectivity index is 1.06. The van der Waals surface area contributed by atoms with E-state index in [1.165, 1.54) is 11.0 Å². The molecule has 1 atom stereocenters. The maximum atomic E-state index is 15.2. The number of hydrogen-bond donors (Lipinski definition) is 1. The van der Waals surface area contributed by atoms with Crippen LogP contribution in [0.15, 0.2) is 42.5 Å².